The molecule has 2 amide bonds. The van der Waals surface area contributed by atoms with Gasteiger partial charge in [-0.3, -0.25) is 9.69 Å². The molecule has 1 aliphatic carbocycles. The van der Waals surface area contributed by atoms with Crippen LogP contribution in [0.2, 0.25) is 5.02 Å². The number of benzene rings is 2. The van der Waals surface area contributed by atoms with E-state index in [-0.39, 0.29) is 11.8 Å². The summed E-state index contributed by atoms with van der Waals surface area (Å²) in [5.74, 6) is 0.185. The maximum atomic E-state index is 13.1. The number of hydrogen-bond donors (Lipinski definition) is 1. The highest BCUT2D eigenvalue weighted by atomic mass is 35.5. The van der Waals surface area contributed by atoms with Gasteiger partial charge in [-0.25, -0.2) is 4.79 Å². The summed E-state index contributed by atoms with van der Waals surface area (Å²) < 4.78 is 0. The van der Waals surface area contributed by atoms with Crippen molar-refractivity contribution >= 4 is 40.5 Å². The maximum absolute atomic E-state index is 13.1. The van der Waals surface area contributed by atoms with Crippen molar-refractivity contribution in [1.29, 1.82) is 0 Å². The van der Waals surface area contributed by atoms with E-state index in [1.807, 2.05) is 24.3 Å². The predicted molar refractivity (Wildman–Crippen MR) is 120 cm³/mol. The average molecular weight is 425 g/mol. The van der Waals surface area contributed by atoms with Gasteiger partial charge >= 0.3 is 6.03 Å². The van der Waals surface area contributed by atoms with Crippen LogP contribution in [0.25, 0.3) is 0 Å². The van der Waals surface area contributed by atoms with Crippen molar-refractivity contribution in [3.63, 3.8) is 0 Å². The van der Waals surface area contributed by atoms with Crippen LogP contribution in [0, 0.1) is 0 Å². The number of rotatable bonds is 2. The zero-order valence-corrected chi connectivity index (χ0v) is 17.8. The molecule has 1 fully saturated rings. The minimum atomic E-state index is -0.148. The van der Waals surface area contributed by atoms with E-state index in [9.17, 15) is 9.59 Å². The summed E-state index contributed by atoms with van der Waals surface area (Å²) in [7, 11) is 2.13. The minimum Gasteiger partial charge on any atom is -0.368 e. The fourth-order valence-electron chi connectivity index (χ4n) is 4.62. The van der Waals surface area contributed by atoms with Gasteiger partial charge in [0, 0.05) is 50.4 Å². The summed E-state index contributed by atoms with van der Waals surface area (Å²) in [4.78, 5) is 31.3. The van der Waals surface area contributed by atoms with E-state index in [1.165, 1.54) is 0 Å². The van der Waals surface area contributed by atoms with Crippen molar-refractivity contribution in [2.24, 2.45) is 0 Å². The number of urea groups is 1. The highest BCUT2D eigenvalue weighted by molar-refractivity contribution is 6.33. The van der Waals surface area contributed by atoms with Gasteiger partial charge in [-0.15, -0.1) is 0 Å². The molecule has 2 aliphatic heterocycles. The molecule has 0 aromatic heterocycles. The van der Waals surface area contributed by atoms with E-state index in [2.05, 4.69) is 28.2 Å². The second-order valence-electron chi connectivity index (χ2n) is 8.35. The van der Waals surface area contributed by atoms with E-state index in [0.29, 0.717) is 13.0 Å². The third-order valence-corrected chi connectivity index (χ3v) is 6.71. The van der Waals surface area contributed by atoms with Crippen LogP contribution in [0.15, 0.2) is 30.3 Å². The quantitative estimate of drug-likeness (QED) is 0.796. The van der Waals surface area contributed by atoms with Gasteiger partial charge in [0.15, 0.2) is 5.78 Å². The van der Waals surface area contributed by atoms with Crippen LogP contribution in [0.5, 0.6) is 0 Å². The van der Waals surface area contributed by atoms with Gasteiger partial charge in [0.2, 0.25) is 0 Å². The number of aryl methyl sites for hydroxylation is 1. The molecule has 1 N–H and O–H groups in total. The molecule has 0 unspecified atom stereocenters. The van der Waals surface area contributed by atoms with E-state index < -0.39 is 0 Å². The molecule has 0 bridgehead atoms. The first-order chi connectivity index (χ1) is 14.5. The number of nitrogens with one attached hydrogen (secondary N) is 1. The first kappa shape index (κ1) is 19.4. The van der Waals surface area contributed by atoms with Gasteiger partial charge in [-0.1, -0.05) is 11.6 Å². The van der Waals surface area contributed by atoms with Crippen LogP contribution in [0.3, 0.4) is 0 Å². The fraction of sp³-hybridized carbons (Fsp3) is 0.391. The molecule has 0 saturated carbocycles. The van der Waals surface area contributed by atoms with Crippen LogP contribution in [-0.2, 0) is 12.8 Å². The molecule has 156 valence electrons. The molecule has 6 nitrogen and oxygen atoms in total. The lowest BCUT2D eigenvalue weighted by Crippen LogP contribution is -2.44. The van der Waals surface area contributed by atoms with Gasteiger partial charge in [-0.2, -0.15) is 0 Å². The third kappa shape index (κ3) is 3.44. The Morgan fingerprint density at radius 2 is 1.73 bits per heavy atom. The average Bonchev–Trinajstić information content (AvgIpc) is 3.31. The van der Waals surface area contributed by atoms with Crippen LogP contribution in [-0.4, -0.2) is 56.5 Å². The molecule has 0 radical (unpaired) electrons. The van der Waals surface area contributed by atoms with Crippen LogP contribution >= 0.6 is 11.6 Å². The smallest absolute Gasteiger partial charge is 0.326 e. The lowest BCUT2D eigenvalue weighted by molar-refractivity contribution is 0.0994. The number of piperazine rings is 1. The van der Waals surface area contributed by atoms with Crippen LogP contribution in [0.1, 0.15) is 27.9 Å². The standard InChI is InChI=1S/C23H25ClN4O2/c1-26-8-10-27(11-9-26)21-14-20-16(13-19(21)24)6-7-28(20)23(30)25-17-3-4-18-15(12-17)2-5-22(18)29/h3-4,12-14H,2,5-11H2,1H3,(H,25,30). The van der Waals surface area contributed by atoms with Crippen molar-refractivity contribution in [3.05, 3.63) is 52.0 Å². The van der Waals surface area contributed by atoms with E-state index in [0.717, 1.165) is 77.8 Å². The molecule has 1 saturated heterocycles. The number of anilines is 3. The van der Waals surface area contributed by atoms with Crippen molar-refractivity contribution < 1.29 is 9.59 Å². The summed E-state index contributed by atoms with van der Waals surface area (Å²) in [5.41, 5.74) is 5.57. The minimum absolute atomic E-state index is 0.148. The van der Waals surface area contributed by atoms with Gasteiger partial charge in [0.1, 0.15) is 0 Å². The summed E-state index contributed by atoms with van der Waals surface area (Å²) in [5, 5.41) is 3.76. The lowest BCUT2D eigenvalue weighted by atomic mass is 10.1. The Labute approximate surface area is 181 Å². The Hall–Kier alpha value is -2.57. The van der Waals surface area contributed by atoms with Crippen molar-refractivity contribution in [3.8, 4) is 0 Å². The number of hydrogen-bond acceptors (Lipinski definition) is 4. The zero-order valence-electron chi connectivity index (χ0n) is 17.1. The molecular weight excluding hydrogens is 400 g/mol. The van der Waals surface area contributed by atoms with Crippen LogP contribution in [0.4, 0.5) is 21.9 Å². The Bertz CT molecular complexity index is 1030. The molecule has 0 atom stereocenters. The third-order valence-electron chi connectivity index (χ3n) is 6.41. The predicted octanol–water partition coefficient (Wildman–Crippen LogP) is 3.82. The largest absolute Gasteiger partial charge is 0.368 e. The number of nitrogens with zero attached hydrogens (tertiary/aromatic N) is 3. The second kappa shape index (κ2) is 7.60. The molecule has 2 heterocycles. The highest BCUT2D eigenvalue weighted by Gasteiger charge is 2.28. The number of amides is 2. The molecule has 3 aliphatic rings. The second-order valence-corrected chi connectivity index (χ2v) is 8.76. The lowest BCUT2D eigenvalue weighted by Gasteiger charge is -2.35. The number of carbonyl (C=O) groups is 2. The van der Waals surface area contributed by atoms with Gasteiger partial charge < -0.3 is 15.1 Å². The molecule has 30 heavy (non-hydrogen) atoms. The number of ketones is 1. The number of likely N-dealkylation sites (N-methyl/N-ethyl adjacent to an activating group) is 1. The van der Waals surface area contributed by atoms with E-state index in [4.69, 9.17) is 11.6 Å². The van der Waals surface area contributed by atoms with Gasteiger partial charge in [0.05, 0.1) is 16.4 Å². The summed E-state index contributed by atoms with van der Waals surface area (Å²) in [6.45, 7) is 4.48. The van der Waals surface area contributed by atoms with Crippen molar-refractivity contribution in [2.75, 3.05) is 54.9 Å². The molecule has 7 heteroatoms. The maximum Gasteiger partial charge on any atom is 0.326 e. The van der Waals surface area contributed by atoms with Crippen molar-refractivity contribution in [1.82, 2.24) is 4.90 Å². The van der Waals surface area contributed by atoms with Gasteiger partial charge in [-0.05, 0) is 61.3 Å². The number of Topliss-reactive ketones (excluding diaryl/α,β-unsaturated/α-hetero) is 1. The first-order valence-electron chi connectivity index (χ1n) is 10.5. The molecule has 5 rings (SSSR count). The zero-order chi connectivity index (χ0) is 20.8. The summed E-state index contributed by atoms with van der Waals surface area (Å²) in [6, 6.07) is 9.49. The Morgan fingerprint density at radius 1 is 0.933 bits per heavy atom. The summed E-state index contributed by atoms with van der Waals surface area (Å²) in [6.07, 6.45) is 2.10. The SMILES string of the molecule is CN1CCN(c2cc3c(cc2Cl)CCN3C(=O)Nc2ccc3c(c2)CCC3=O)CC1. The van der Waals surface area contributed by atoms with Gasteiger partial charge in [0.25, 0.3) is 0 Å². The molecule has 2 aromatic rings. The number of halogens is 1. The number of fused-ring (bicyclic) bond motifs is 2. The Morgan fingerprint density at radius 3 is 2.53 bits per heavy atom. The molecule has 0 spiro atoms. The van der Waals surface area contributed by atoms with Crippen molar-refractivity contribution in [2.45, 2.75) is 19.3 Å². The monoisotopic (exact) mass is 424 g/mol. The van der Waals surface area contributed by atoms with E-state index >= 15 is 0 Å². The molecular formula is C23H25ClN4O2. The highest BCUT2D eigenvalue weighted by Crippen LogP contribution is 2.38. The van der Waals surface area contributed by atoms with Crippen LogP contribution < -0.4 is 15.1 Å². The molecule has 2 aromatic carbocycles. The topological polar surface area (TPSA) is 55.9 Å². The summed E-state index contributed by atoms with van der Waals surface area (Å²) >= 11 is 6.60. The first-order valence-corrected chi connectivity index (χ1v) is 10.9. The van der Waals surface area contributed by atoms with E-state index in [1.54, 1.807) is 4.90 Å². The fourth-order valence-corrected chi connectivity index (χ4v) is 4.93. The Balaban J connectivity index is 1.37. The number of carbonyl (C=O) groups excluding carboxylic acids is 2. The normalized spacial score (nSPS) is 18.5. The Kier molecular flexibility index (Phi) is 4.91.